The largest absolute Gasteiger partial charge is 0.495 e. The highest BCUT2D eigenvalue weighted by Gasteiger charge is 2.24. The summed E-state index contributed by atoms with van der Waals surface area (Å²) in [7, 11) is 8.91. The van der Waals surface area contributed by atoms with Crippen LogP contribution in [-0.4, -0.2) is 127 Å². The van der Waals surface area contributed by atoms with Gasteiger partial charge in [0.05, 0.1) is 30.3 Å². The van der Waals surface area contributed by atoms with Gasteiger partial charge in [0.2, 0.25) is 0 Å². The zero-order valence-corrected chi connectivity index (χ0v) is 33.1. The number of hydrogen-bond acceptors (Lipinski definition) is 12. The minimum absolute atomic E-state index is 0.0384. The van der Waals surface area contributed by atoms with E-state index in [-0.39, 0.29) is 33.2 Å². The molecule has 2 aromatic carbocycles. The Labute approximate surface area is 327 Å². The van der Waals surface area contributed by atoms with Crippen LogP contribution in [0.1, 0.15) is 28.4 Å². The third-order valence-electron chi connectivity index (χ3n) is 9.33. The lowest BCUT2D eigenvalue weighted by molar-refractivity contribution is 0.102. The first kappa shape index (κ1) is 41.2. The summed E-state index contributed by atoms with van der Waals surface area (Å²) in [6.45, 7) is 11.7. The van der Waals surface area contributed by atoms with Crippen LogP contribution in [-0.2, 0) is 13.1 Å². The van der Waals surface area contributed by atoms with Gasteiger partial charge in [0.1, 0.15) is 22.9 Å². The lowest BCUT2D eigenvalue weighted by atomic mass is 9.99. The van der Waals surface area contributed by atoms with E-state index in [1.54, 1.807) is 24.4 Å². The summed E-state index contributed by atoms with van der Waals surface area (Å²) in [4.78, 5) is 39.8. The number of rotatable bonds is 13. The van der Waals surface area contributed by atoms with Gasteiger partial charge in [0.15, 0.2) is 11.6 Å². The summed E-state index contributed by atoms with van der Waals surface area (Å²) < 4.78 is 25.9. The van der Waals surface area contributed by atoms with Crippen molar-refractivity contribution < 1.29 is 18.7 Å². The van der Waals surface area contributed by atoms with Crippen molar-refractivity contribution >= 4 is 40.2 Å². The number of amides is 1. The summed E-state index contributed by atoms with van der Waals surface area (Å²) in [6.07, 6.45) is 6.55. The number of anilines is 2. The third kappa shape index (κ3) is 10.8. The summed E-state index contributed by atoms with van der Waals surface area (Å²) >= 11 is 6.50. The average molecular weight is 773 g/mol. The standard InChI is InChI=1S/C28H30ClFN6O3.C12H20N4/c1-35(2)12-13-36(3)16-17-6-9-22(33-15-17)34-28(37)19-8-7-18(26-27(19)32-11-10-31-26)23-24(29)20(38-4)14-21(39-5)25(23)30;1-2-15-5-7-16(8-6-15)10-11-3-4-12(13)14-9-11/h6-11,14-15H,12-13,16H2,1-5H3,(H,33,34,37);3-4,9H,2,5-8,10H2,1H3,(H2,13,14). The van der Waals surface area contributed by atoms with Crippen LogP contribution in [0.25, 0.3) is 22.2 Å². The number of carbonyl (C=O) groups excluding carboxylic acids is 1. The fourth-order valence-electron chi connectivity index (χ4n) is 6.15. The normalized spacial score (nSPS) is 13.5. The van der Waals surface area contributed by atoms with E-state index < -0.39 is 11.7 Å². The number of pyridine rings is 2. The van der Waals surface area contributed by atoms with E-state index in [0.717, 1.165) is 51.4 Å². The van der Waals surface area contributed by atoms with Crippen LogP contribution >= 0.6 is 11.6 Å². The van der Waals surface area contributed by atoms with Gasteiger partial charge in [-0.3, -0.25) is 19.7 Å². The number of nitrogens with two attached hydrogens (primary N) is 1. The van der Waals surface area contributed by atoms with Gasteiger partial charge in [0.25, 0.3) is 5.91 Å². The molecule has 0 spiro atoms. The van der Waals surface area contributed by atoms with Crippen molar-refractivity contribution in [2.75, 3.05) is 92.2 Å². The number of ether oxygens (including phenoxy) is 2. The fourth-order valence-corrected chi connectivity index (χ4v) is 6.47. The predicted molar refractivity (Wildman–Crippen MR) is 216 cm³/mol. The van der Waals surface area contributed by atoms with E-state index in [9.17, 15) is 4.79 Å². The molecule has 15 heteroatoms. The summed E-state index contributed by atoms with van der Waals surface area (Å²) in [5, 5.41) is 2.86. The highest BCUT2D eigenvalue weighted by atomic mass is 35.5. The van der Waals surface area contributed by atoms with E-state index in [1.165, 1.54) is 51.3 Å². The molecule has 3 aromatic heterocycles. The topological polar surface area (TPSA) is 138 Å². The number of aromatic nitrogens is 4. The lowest BCUT2D eigenvalue weighted by Crippen LogP contribution is -2.45. The molecule has 1 saturated heterocycles. The minimum Gasteiger partial charge on any atom is -0.495 e. The molecule has 0 aliphatic carbocycles. The molecule has 0 radical (unpaired) electrons. The number of hydrogen-bond donors (Lipinski definition) is 2. The summed E-state index contributed by atoms with van der Waals surface area (Å²) in [6, 6.07) is 12.1. The molecule has 5 aromatic rings. The van der Waals surface area contributed by atoms with E-state index in [4.69, 9.17) is 26.8 Å². The van der Waals surface area contributed by atoms with E-state index >= 15 is 4.39 Å². The number of likely N-dealkylation sites (N-methyl/N-ethyl adjacent to an activating group) is 3. The first-order valence-electron chi connectivity index (χ1n) is 18.1. The van der Waals surface area contributed by atoms with Gasteiger partial charge in [-0.2, -0.15) is 0 Å². The summed E-state index contributed by atoms with van der Waals surface area (Å²) in [5.74, 6) is 0.0898. The van der Waals surface area contributed by atoms with Crippen LogP contribution in [0, 0.1) is 5.82 Å². The van der Waals surface area contributed by atoms with Crippen molar-refractivity contribution in [2.24, 2.45) is 0 Å². The molecule has 13 nitrogen and oxygen atoms in total. The van der Waals surface area contributed by atoms with Gasteiger partial charge >= 0.3 is 0 Å². The van der Waals surface area contributed by atoms with Crippen LogP contribution < -0.4 is 20.5 Å². The fraction of sp³-hybridized carbons (Fsp3) is 0.375. The molecule has 0 bridgehead atoms. The Morgan fingerprint density at radius 3 is 2.16 bits per heavy atom. The molecule has 6 rings (SSSR count). The van der Waals surface area contributed by atoms with Gasteiger partial charge in [-0.1, -0.05) is 36.7 Å². The first-order chi connectivity index (χ1) is 26.5. The minimum atomic E-state index is -0.677. The average Bonchev–Trinajstić information content (AvgIpc) is 3.19. The van der Waals surface area contributed by atoms with Crippen LogP contribution in [0.5, 0.6) is 11.5 Å². The second-order valence-corrected chi connectivity index (χ2v) is 13.9. The molecule has 1 amide bonds. The SMILES string of the molecule is CCN1CCN(Cc2ccc(N)nc2)CC1.COc1cc(OC)c(Cl)c(-c2ccc(C(=O)Nc3ccc(CN(C)CCN(C)C)cn3)c3nccnc23)c1F. The number of nitrogens with zero attached hydrogens (tertiary/aromatic N) is 8. The molecule has 55 heavy (non-hydrogen) atoms. The van der Waals surface area contributed by atoms with Crippen LogP contribution in [0.15, 0.2) is 67.3 Å². The number of methoxy groups -OCH3 is 2. The summed E-state index contributed by atoms with van der Waals surface area (Å²) in [5.41, 5.74) is 9.06. The lowest BCUT2D eigenvalue weighted by Gasteiger charge is -2.33. The molecule has 1 aliphatic rings. The molecular formula is C40H50ClFN10O3. The molecule has 4 heterocycles. The Balaban J connectivity index is 0.000000301. The maximum Gasteiger partial charge on any atom is 0.259 e. The second-order valence-electron chi connectivity index (χ2n) is 13.5. The number of carbonyl (C=O) groups is 1. The molecule has 0 unspecified atom stereocenters. The van der Waals surface area contributed by atoms with Gasteiger partial charge < -0.3 is 35.2 Å². The number of halogens is 2. The molecule has 0 saturated carbocycles. The Hall–Kier alpha value is -4.99. The Bertz CT molecular complexity index is 2000. The molecule has 3 N–H and O–H groups in total. The molecular weight excluding hydrogens is 723 g/mol. The van der Waals surface area contributed by atoms with Crippen molar-refractivity contribution in [3.05, 3.63) is 94.8 Å². The van der Waals surface area contributed by atoms with Crippen molar-refractivity contribution in [1.82, 2.24) is 39.5 Å². The predicted octanol–water partition coefficient (Wildman–Crippen LogP) is 5.55. The Kier molecular flexibility index (Phi) is 14.6. The third-order valence-corrected chi connectivity index (χ3v) is 9.70. The molecule has 1 aliphatic heterocycles. The maximum absolute atomic E-state index is 15.4. The van der Waals surface area contributed by atoms with E-state index in [2.05, 4.69) is 64.9 Å². The van der Waals surface area contributed by atoms with E-state index in [0.29, 0.717) is 22.7 Å². The zero-order valence-electron chi connectivity index (χ0n) is 32.4. The van der Waals surface area contributed by atoms with Crippen molar-refractivity contribution in [2.45, 2.75) is 20.0 Å². The number of fused-ring (bicyclic) bond motifs is 1. The number of piperazine rings is 1. The quantitative estimate of drug-likeness (QED) is 0.155. The van der Waals surface area contributed by atoms with Crippen LogP contribution in [0.4, 0.5) is 16.0 Å². The highest BCUT2D eigenvalue weighted by Crippen LogP contribution is 2.44. The van der Waals surface area contributed by atoms with Crippen molar-refractivity contribution in [3.63, 3.8) is 0 Å². The molecule has 292 valence electrons. The number of nitrogen functional groups attached to an aromatic ring is 1. The number of nitrogens with one attached hydrogen (secondary N) is 1. The Morgan fingerprint density at radius 1 is 0.873 bits per heavy atom. The monoisotopic (exact) mass is 772 g/mol. The molecule has 1 fully saturated rings. The zero-order chi connectivity index (χ0) is 39.5. The van der Waals surface area contributed by atoms with E-state index in [1.807, 2.05) is 32.4 Å². The van der Waals surface area contributed by atoms with Crippen LogP contribution in [0.3, 0.4) is 0 Å². The number of benzene rings is 2. The van der Waals surface area contributed by atoms with Gasteiger partial charge in [-0.25, -0.2) is 14.4 Å². The van der Waals surface area contributed by atoms with Crippen LogP contribution in [0.2, 0.25) is 5.02 Å². The van der Waals surface area contributed by atoms with Gasteiger partial charge in [-0.05, 0) is 57.0 Å². The van der Waals surface area contributed by atoms with Gasteiger partial charge in [-0.15, -0.1) is 0 Å². The highest BCUT2D eigenvalue weighted by molar-refractivity contribution is 6.35. The maximum atomic E-state index is 15.4. The molecule has 0 atom stereocenters. The second kappa shape index (κ2) is 19.6. The van der Waals surface area contributed by atoms with Crippen molar-refractivity contribution in [1.29, 1.82) is 0 Å². The first-order valence-corrected chi connectivity index (χ1v) is 18.5. The van der Waals surface area contributed by atoms with Gasteiger partial charge in [0, 0.05) is 94.3 Å². The Morgan fingerprint density at radius 2 is 1.55 bits per heavy atom. The van der Waals surface area contributed by atoms with Crippen molar-refractivity contribution in [3.8, 4) is 22.6 Å². The smallest absolute Gasteiger partial charge is 0.259 e.